The van der Waals surface area contributed by atoms with Gasteiger partial charge in [-0.1, -0.05) is 41.7 Å². The fourth-order valence-corrected chi connectivity index (χ4v) is 2.49. The van der Waals surface area contributed by atoms with Gasteiger partial charge >= 0.3 is 0 Å². The zero-order chi connectivity index (χ0) is 15.6. The molecule has 1 heterocycles. The Balaban J connectivity index is 2.32. The number of halogens is 4. The predicted octanol–water partition coefficient (Wildman–Crippen LogP) is 5.00. The minimum atomic E-state index is -0.580. The third-order valence-corrected chi connectivity index (χ3v) is 3.51. The third-order valence-electron chi connectivity index (χ3n) is 2.72. The van der Waals surface area contributed by atoms with Crippen molar-refractivity contribution in [2.45, 2.75) is 13.3 Å². The largest absolute Gasteiger partial charge is 0.319 e. The van der Waals surface area contributed by atoms with Crippen molar-refractivity contribution in [2.75, 3.05) is 5.32 Å². The minimum Gasteiger partial charge on any atom is -0.319 e. The standard InChI is InChI=1S/C14H10Cl3FN2O/c1-2-9-3-7(4-12(17)19-9)14(21)20-13-10(15)5-8(18)6-11(13)16/h3-6H,2H2,1H3,(H,20,21). The van der Waals surface area contributed by atoms with E-state index in [4.69, 9.17) is 34.8 Å². The first-order chi connectivity index (χ1) is 9.90. The highest BCUT2D eigenvalue weighted by atomic mass is 35.5. The number of anilines is 1. The van der Waals surface area contributed by atoms with Crippen molar-refractivity contribution in [3.05, 3.63) is 56.5 Å². The summed E-state index contributed by atoms with van der Waals surface area (Å²) in [5, 5.41) is 2.80. The van der Waals surface area contributed by atoms with Crippen LogP contribution in [0.4, 0.5) is 10.1 Å². The second-order valence-corrected chi connectivity index (χ2v) is 5.42. The maximum absolute atomic E-state index is 13.1. The smallest absolute Gasteiger partial charge is 0.255 e. The molecule has 0 bridgehead atoms. The van der Waals surface area contributed by atoms with Crippen LogP contribution in [0.3, 0.4) is 0 Å². The Morgan fingerprint density at radius 2 is 1.81 bits per heavy atom. The predicted molar refractivity (Wildman–Crippen MR) is 83.0 cm³/mol. The highest BCUT2D eigenvalue weighted by molar-refractivity contribution is 6.40. The molecule has 3 nitrogen and oxygen atoms in total. The molecule has 0 saturated carbocycles. The second kappa shape index (κ2) is 6.60. The van der Waals surface area contributed by atoms with Gasteiger partial charge in [-0.15, -0.1) is 0 Å². The molecule has 0 aliphatic heterocycles. The lowest BCUT2D eigenvalue weighted by molar-refractivity contribution is 0.102. The van der Waals surface area contributed by atoms with Crippen molar-refractivity contribution >= 4 is 46.4 Å². The Morgan fingerprint density at radius 3 is 2.38 bits per heavy atom. The van der Waals surface area contributed by atoms with E-state index in [-0.39, 0.29) is 20.9 Å². The van der Waals surface area contributed by atoms with E-state index in [0.717, 1.165) is 12.1 Å². The summed E-state index contributed by atoms with van der Waals surface area (Å²) in [6, 6.07) is 5.19. The normalized spacial score (nSPS) is 10.5. The molecule has 0 fully saturated rings. The fraction of sp³-hybridized carbons (Fsp3) is 0.143. The van der Waals surface area contributed by atoms with Crippen LogP contribution in [-0.4, -0.2) is 10.9 Å². The number of nitrogens with one attached hydrogen (secondary N) is 1. The molecule has 0 radical (unpaired) electrons. The van der Waals surface area contributed by atoms with E-state index in [1.54, 1.807) is 6.07 Å². The van der Waals surface area contributed by atoms with Gasteiger partial charge in [0.1, 0.15) is 11.0 Å². The van der Waals surface area contributed by atoms with Gasteiger partial charge in [0.05, 0.1) is 15.7 Å². The van der Waals surface area contributed by atoms with E-state index >= 15 is 0 Å². The molecule has 1 N–H and O–H groups in total. The molecule has 1 amide bonds. The van der Waals surface area contributed by atoms with Gasteiger partial charge in [0.25, 0.3) is 5.91 Å². The fourth-order valence-electron chi connectivity index (χ4n) is 1.71. The Hall–Kier alpha value is -1.36. The average Bonchev–Trinajstić information content (AvgIpc) is 2.41. The highest BCUT2D eigenvalue weighted by Gasteiger charge is 2.14. The lowest BCUT2D eigenvalue weighted by Gasteiger charge is -2.10. The SMILES string of the molecule is CCc1cc(C(=O)Nc2c(Cl)cc(F)cc2Cl)cc(Cl)n1. The van der Waals surface area contributed by atoms with E-state index in [0.29, 0.717) is 17.7 Å². The van der Waals surface area contributed by atoms with Crippen LogP contribution in [0, 0.1) is 5.82 Å². The molecule has 1 aromatic carbocycles. The Labute approximate surface area is 136 Å². The van der Waals surface area contributed by atoms with Crippen molar-refractivity contribution in [2.24, 2.45) is 0 Å². The van der Waals surface area contributed by atoms with Crippen molar-refractivity contribution in [1.82, 2.24) is 4.98 Å². The summed E-state index contributed by atoms with van der Waals surface area (Å²) in [4.78, 5) is 16.3. The maximum atomic E-state index is 13.1. The number of aromatic nitrogens is 1. The van der Waals surface area contributed by atoms with Crippen molar-refractivity contribution in [1.29, 1.82) is 0 Å². The Bertz CT molecular complexity index is 684. The number of aryl methyl sites for hydroxylation is 1. The summed E-state index contributed by atoms with van der Waals surface area (Å²) in [6.45, 7) is 1.90. The number of nitrogens with zero attached hydrogens (tertiary/aromatic N) is 1. The molecule has 1 aromatic heterocycles. The van der Waals surface area contributed by atoms with Gasteiger partial charge in [0.15, 0.2) is 0 Å². The van der Waals surface area contributed by atoms with E-state index < -0.39 is 11.7 Å². The Kier molecular flexibility index (Phi) is 5.04. The quantitative estimate of drug-likeness (QED) is 0.794. The van der Waals surface area contributed by atoms with Crippen molar-refractivity contribution in [3.8, 4) is 0 Å². The average molecular weight is 348 g/mol. The number of carbonyl (C=O) groups is 1. The van der Waals surface area contributed by atoms with E-state index in [1.807, 2.05) is 6.92 Å². The van der Waals surface area contributed by atoms with E-state index in [9.17, 15) is 9.18 Å². The molecular weight excluding hydrogens is 338 g/mol. The first kappa shape index (κ1) is 16.0. The van der Waals surface area contributed by atoms with Crippen LogP contribution < -0.4 is 5.32 Å². The lowest BCUT2D eigenvalue weighted by atomic mass is 10.2. The number of hydrogen-bond donors (Lipinski definition) is 1. The van der Waals surface area contributed by atoms with E-state index in [1.165, 1.54) is 6.07 Å². The molecular formula is C14H10Cl3FN2O. The molecule has 110 valence electrons. The van der Waals surface area contributed by atoms with Crippen LogP contribution in [0.2, 0.25) is 15.2 Å². The van der Waals surface area contributed by atoms with Gasteiger partial charge in [-0.25, -0.2) is 9.37 Å². The number of pyridine rings is 1. The van der Waals surface area contributed by atoms with Crippen LogP contribution in [0.25, 0.3) is 0 Å². The summed E-state index contributed by atoms with van der Waals surface area (Å²) in [5.74, 6) is -1.03. The molecule has 0 aliphatic carbocycles. The van der Waals surface area contributed by atoms with Crippen LogP contribution in [-0.2, 0) is 6.42 Å². The van der Waals surface area contributed by atoms with Crippen LogP contribution in [0.1, 0.15) is 23.0 Å². The maximum Gasteiger partial charge on any atom is 0.255 e. The summed E-state index contributed by atoms with van der Waals surface area (Å²) in [6.07, 6.45) is 0.638. The van der Waals surface area contributed by atoms with Gasteiger partial charge in [0, 0.05) is 11.3 Å². The number of rotatable bonds is 3. The van der Waals surface area contributed by atoms with Gasteiger partial charge in [-0.05, 0) is 30.7 Å². The minimum absolute atomic E-state index is 0.0178. The zero-order valence-corrected chi connectivity index (χ0v) is 13.2. The van der Waals surface area contributed by atoms with Gasteiger partial charge in [-0.2, -0.15) is 0 Å². The summed E-state index contributed by atoms with van der Waals surface area (Å²) in [7, 11) is 0. The number of amides is 1. The first-order valence-electron chi connectivity index (χ1n) is 6.03. The first-order valence-corrected chi connectivity index (χ1v) is 7.16. The summed E-state index contributed by atoms with van der Waals surface area (Å²) < 4.78 is 13.1. The zero-order valence-electron chi connectivity index (χ0n) is 10.9. The summed E-state index contributed by atoms with van der Waals surface area (Å²) >= 11 is 17.6. The molecule has 2 rings (SSSR count). The van der Waals surface area contributed by atoms with Crippen molar-refractivity contribution < 1.29 is 9.18 Å². The van der Waals surface area contributed by atoms with Crippen LogP contribution in [0.15, 0.2) is 24.3 Å². The lowest BCUT2D eigenvalue weighted by Crippen LogP contribution is -2.13. The molecule has 0 atom stereocenters. The monoisotopic (exact) mass is 346 g/mol. The van der Waals surface area contributed by atoms with Gasteiger partial charge in [-0.3, -0.25) is 4.79 Å². The third kappa shape index (κ3) is 3.84. The molecule has 0 aliphatic rings. The van der Waals surface area contributed by atoms with Crippen molar-refractivity contribution in [3.63, 3.8) is 0 Å². The molecule has 0 spiro atoms. The molecule has 0 saturated heterocycles. The Morgan fingerprint density at radius 1 is 1.19 bits per heavy atom. The molecule has 2 aromatic rings. The van der Waals surface area contributed by atoms with Gasteiger partial charge < -0.3 is 5.32 Å². The second-order valence-electron chi connectivity index (χ2n) is 4.22. The van der Waals surface area contributed by atoms with Crippen LogP contribution in [0.5, 0.6) is 0 Å². The van der Waals surface area contributed by atoms with Gasteiger partial charge in [0.2, 0.25) is 0 Å². The topological polar surface area (TPSA) is 42.0 Å². The highest BCUT2D eigenvalue weighted by Crippen LogP contribution is 2.31. The number of carbonyl (C=O) groups excluding carboxylic acids is 1. The summed E-state index contributed by atoms with van der Waals surface area (Å²) in [5.41, 5.74) is 1.16. The van der Waals surface area contributed by atoms with E-state index in [2.05, 4.69) is 10.3 Å². The number of benzene rings is 1. The number of hydrogen-bond acceptors (Lipinski definition) is 2. The molecule has 0 unspecified atom stereocenters. The van der Waals surface area contributed by atoms with Crippen LogP contribution >= 0.6 is 34.8 Å². The molecule has 21 heavy (non-hydrogen) atoms. The molecule has 7 heteroatoms.